The van der Waals surface area contributed by atoms with Crippen LogP contribution in [-0.4, -0.2) is 40.3 Å². The first kappa shape index (κ1) is 28.3. The van der Waals surface area contributed by atoms with Crippen molar-refractivity contribution in [3.05, 3.63) is 47.1 Å². The maximum atomic E-state index is 12.7. The van der Waals surface area contributed by atoms with Gasteiger partial charge in [0.05, 0.1) is 6.10 Å². The first-order valence-corrected chi connectivity index (χ1v) is 14.6. The second-order valence-corrected chi connectivity index (χ2v) is 12.4. The van der Waals surface area contributed by atoms with E-state index in [1.807, 2.05) is 13.0 Å². The van der Waals surface area contributed by atoms with Crippen LogP contribution < -0.4 is 0 Å². The summed E-state index contributed by atoms with van der Waals surface area (Å²) in [6.07, 6.45) is 19.0. The fraction of sp³-hybridized carbons (Fsp3) is 0.719. The highest BCUT2D eigenvalue weighted by Gasteiger charge is 2.44. The molecule has 0 aliphatic heterocycles. The van der Waals surface area contributed by atoms with Crippen molar-refractivity contribution in [1.29, 1.82) is 0 Å². The Hall–Kier alpha value is -1.69. The molecule has 5 nitrogen and oxygen atoms in total. The molecule has 0 saturated heterocycles. The van der Waals surface area contributed by atoms with Gasteiger partial charge in [-0.25, -0.2) is 4.79 Å². The van der Waals surface area contributed by atoms with E-state index in [9.17, 15) is 15.0 Å². The van der Waals surface area contributed by atoms with E-state index >= 15 is 0 Å². The number of allylic oxidation sites excluding steroid dienone is 5. The van der Waals surface area contributed by atoms with Crippen molar-refractivity contribution < 1.29 is 24.5 Å². The van der Waals surface area contributed by atoms with E-state index in [-0.39, 0.29) is 24.9 Å². The van der Waals surface area contributed by atoms with Crippen LogP contribution in [0, 0.1) is 11.3 Å². The summed E-state index contributed by atoms with van der Waals surface area (Å²) in [5.74, 6) is -1.56. The molecular weight excluding hydrogens is 464 g/mol. The number of rotatable bonds is 6. The van der Waals surface area contributed by atoms with E-state index in [0.29, 0.717) is 11.5 Å². The van der Waals surface area contributed by atoms with Gasteiger partial charge in [0.1, 0.15) is 12.2 Å². The fourth-order valence-electron chi connectivity index (χ4n) is 7.31. The average Bonchev–Trinajstić information content (AvgIpc) is 3.19. The van der Waals surface area contributed by atoms with Crippen molar-refractivity contribution in [2.45, 2.75) is 128 Å². The number of ether oxygens (including phenoxy) is 2. The van der Waals surface area contributed by atoms with Gasteiger partial charge in [-0.1, -0.05) is 69.1 Å². The highest BCUT2D eigenvalue weighted by molar-refractivity contribution is 5.71. The summed E-state index contributed by atoms with van der Waals surface area (Å²) < 4.78 is 11.6. The number of esters is 1. The molecule has 4 aliphatic carbocycles. The Kier molecular flexibility index (Phi) is 8.87. The van der Waals surface area contributed by atoms with Crippen LogP contribution in [-0.2, 0) is 14.3 Å². The van der Waals surface area contributed by atoms with E-state index in [0.717, 1.165) is 50.5 Å². The van der Waals surface area contributed by atoms with Gasteiger partial charge in [0.15, 0.2) is 5.79 Å². The van der Waals surface area contributed by atoms with E-state index in [1.165, 1.54) is 37.7 Å². The summed E-state index contributed by atoms with van der Waals surface area (Å²) in [7, 11) is 0. The molecule has 4 atom stereocenters. The van der Waals surface area contributed by atoms with E-state index < -0.39 is 23.5 Å². The lowest BCUT2D eigenvalue weighted by molar-refractivity contribution is -0.229. The molecule has 0 heterocycles. The normalized spacial score (nSPS) is 36.6. The molecule has 2 N–H and O–H groups in total. The molecule has 0 aromatic heterocycles. The van der Waals surface area contributed by atoms with Crippen LogP contribution in [0.3, 0.4) is 0 Å². The van der Waals surface area contributed by atoms with Crippen molar-refractivity contribution >= 4 is 5.97 Å². The molecule has 4 aliphatic rings. The molecule has 3 saturated carbocycles. The minimum Gasteiger partial charge on any atom is -0.458 e. The van der Waals surface area contributed by atoms with Gasteiger partial charge in [-0.05, 0) is 87.2 Å². The van der Waals surface area contributed by atoms with Crippen LogP contribution in [0.2, 0.25) is 0 Å². The minimum absolute atomic E-state index is 0.00519. The molecule has 4 rings (SSSR count). The van der Waals surface area contributed by atoms with Crippen LogP contribution >= 0.6 is 0 Å². The molecule has 0 aromatic carbocycles. The zero-order valence-electron chi connectivity index (χ0n) is 23.3. The Morgan fingerprint density at radius 3 is 2.51 bits per heavy atom. The molecule has 206 valence electrons. The summed E-state index contributed by atoms with van der Waals surface area (Å²) in [5.41, 5.74) is 4.20. The fourth-order valence-corrected chi connectivity index (χ4v) is 7.31. The molecule has 37 heavy (non-hydrogen) atoms. The van der Waals surface area contributed by atoms with Gasteiger partial charge in [0.2, 0.25) is 0 Å². The summed E-state index contributed by atoms with van der Waals surface area (Å²) in [5, 5.41) is 21.9. The molecule has 0 unspecified atom stereocenters. The Balaban J connectivity index is 1.40. The topological polar surface area (TPSA) is 76.0 Å². The number of hydrogen-bond acceptors (Lipinski definition) is 5. The van der Waals surface area contributed by atoms with Crippen LogP contribution in [0.1, 0.15) is 111 Å². The second-order valence-electron chi connectivity index (χ2n) is 12.4. The van der Waals surface area contributed by atoms with E-state index in [1.54, 1.807) is 5.57 Å². The minimum atomic E-state index is -1.63. The molecular formula is C32H48O5. The number of aliphatic hydroxyl groups excluding tert-OH is 1. The zero-order chi connectivity index (χ0) is 26.7. The van der Waals surface area contributed by atoms with Crippen molar-refractivity contribution in [1.82, 2.24) is 0 Å². The summed E-state index contributed by atoms with van der Waals surface area (Å²) in [4.78, 5) is 12.7. The lowest BCUT2D eigenvalue weighted by Gasteiger charge is -2.41. The molecule has 0 bridgehead atoms. The van der Waals surface area contributed by atoms with Crippen LogP contribution in [0.5, 0.6) is 0 Å². The van der Waals surface area contributed by atoms with Crippen molar-refractivity contribution in [3.63, 3.8) is 0 Å². The maximum Gasteiger partial charge on any atom is 0.332 e. The largest absolute Gasteiger partial charge is 0.458 e. The Morgan fingerprint density at radius 1 is 1.11 bits per heavy atom. The lowest BCUT2D eigenvalue weighted by Crippen LogP contribution is -2.44. The first-order valence-electron chi connectivity index (χ1n) is 14.6. The first-order chi connectivity index (χ1) is 17.6. The Morgan fingerprint density at radius 2 is 1.81 bits per heavy atom. The molecule has 5 heteroatoms. The van der Waals surface area contributed by atoms with E-state index in [4.69, 9.17) is 9.47 Å². The lowest BCUT2D eigenvalue weighted by atomic mass is 9.64. The van der Waals surface area contributed by atoms with Gasteiger partial charge in [-0.15, -0.1) is 0 Å². The molecule has 3 fully saturated rings. The van der Waals surface area contributed by atoms with Gasteiger partial charge in [0, 0.05) is 12.8 Å². The van der Waals surface area contributed by atoms with Crippen molar-refractivity contribution in [2.24, 2.45) is 11.3 Å². The molecule has 0 aromatic rings. The number of aliphatic hydroxyl groups is 2. The predicted octanol–water partition coefficient (Wildman–Crippen LogP) is 6.85. The Labute approximate surface area is 223 Å². The predicted molar refractivity (Wildman–Crippen MR) is 147 cm³/mol. The molecule has 0 spiro atoms. The highest BCUT2D eigenvalue weighted by Crippen LogP contribution is 2.55. The summed E-state index contributed by atoms with van der Waals surface area (Å²) in [6, 6.07) is 0. The third-order valence-corrected chi connectivity index (χ3v) is 9.62. The maximum absolute atomic E-state index is 12.7. The second kappa shape index (κ2) is 11.6. The number of carbonyl (C=O) groups excluding carboxylic acids is 1. The van der Waals surface area contributed by atoms with Gasteiger partial charge in [0.25, 0.3) is 0 Å². The third kappa shape index (κ3) is 6.49. The van der Waals surface area contributed by atoms with Gasteiger partial charge < -0.3 is 19.7 Å². The van der Waals surface area contributed by atoms with Gasteiger partial charge in [-0.2, -0.15) is 0 Å². The molecule has 0 radical (unpaired) electrons. The van der Waals surface area contributed by atoms with Crippen LogP contribution in [0.4, 0.5) is 0 Å². The monoisotopic (exact) mass is 512 g/mol. The average molecular weight is 513 g/mol. The zero-order valence-corrected chi connectivity index (χ0v) is 23.3. The smallest absolute Gasteiger partial charge is 0.332 e. The summed E-state index contributed by atoms with van der Waals surface area (Å²) >= 11 is 0. The van der Waals surface area contributed by atoms with Gasteiger partial charge >= 0.3 is 5.97 Å². The summed E-state index contributed by atoms with van der Waals surface area (Å²) in [6.45, 7) is 10.4. The molecule has 0 amide bonds. The number of fused-ring (bicyclic) bond motifs is 1. The van der Waals surface area contributed by atoms with Crippen molar-refractivity contribution in [2.75, 3.05) is 6.61 Å². The van der Waals surface area contributed by atoms with Crippen LogP contribution in [0.15, 0.2) is 47.1 Å². The van der Waals surface area contributed by atoms with Crippen molar-refractivity contribution in [3.8, 4) is 0 Å². The van der Waals surface area contributed by atoms with Gasteiger partial charge in [-0.3, -0.25) is 0 Å². The third-order valence-electron chi connectivity index (χ3n) is 9.62. The quantitative estimate of drug-likeness (QED) is 0.231. The highest BCUT2D eigenvalue weighted by atomic mass is 16.6. The Bertz CT molecular complexity index is 950. The van der Waals surface area contributed by atoms with Crippen LogP contribution in [0.25, 0.3) is 0 Å². The van der Waals surface area contributed by atoms with E-state index in [2.05, 4.69) is 32.6 Å². The number of hydrogen-bond donors (Lipinski definition) is 2. The standard InChI is InChI=1S/C32H48O5/c1-5-26-15-16-27-24(12-11-19-31(26,27)4)13-14-25-20-32(35,21-28(33)23(25)2)36-22-29(34)37-30(3)17-9-7-6-8-10-18-30/h13-15,27-28,33,35H,2,5-12,16-22H2,1,3-4H3/t27-,28-,31+,32-/m0/s1. The SMILES string of the molecule is C=C1C(=CC=C2CCC[C@]3(C)C(CC)=CC[C@@H]23)C[C@](O)(OCC(=O)OC2(C)CCCCCCC2)C[C@@H]1O. The number of carbonyl (C=O) groups is 1.